The second kappa shape index (κ2) is 10.2. The number of nitrogens with one attached hydrogen (secondary N) is 3. The largest absolute Gasteiger partial charge is 0.384 e. The van der Waals surface area contributed by atoms with Crippen molar-refractivity contribution in [3.63, 3.8) is 0 Å². The zero-order valence-corrected chi connectivity index (χ0v) is 17.7. The fourth-order valence-electron chi connectivity index (χ4n) is 3.53. The van der Waals surface area contributed by atoms with Crippen LogP contribution in [0.4, 0.5) is 11.4 Å². The number of hydrogen-bond donors (Lipinski definition) is 5. The van der Waals surface area contributed by atoms with Crippen molar-refractivity contribution in [1.29, 1.82) is 0 Å². The lowest BCUT2D eigenvalue weighted by molar-refractivity contribution is -0.121. The molecule has 2 aromatic carbocycles. The van der Waals surface area contributed by atoms with Gasteiger partial charge in [0.2, 0.25) is 5.91 Å². The highest BCUT2D eigenvalue weighted by molar-refractivity contribution is 6.31. The Labute approximate surface area is 181 Å². The highest BCUT2D eigenvalue weighted by Crippen LogP contribution is 2.36. The topological polar surface area (TPSA) is 139 Å². The molecular formula is C23H29N5O3. The summed E-state index contributed by atoms with van der Waals surface area (Å²) in [6.45, 7) is 3.75. The van der Waals surface area contributed by atoms with Crippen LogP contribution in [0.25, 0.3) is 0 Å². The monoisotopic (exact) mass is 423 g/mol. The highest BCUT2D eigenvalue weighted by Gasteiger charge is 2.33. The van der Waals surface area contributed by atoms with Gasteiger partial charge < -0.3 is 27.4 Å². The molecule has 0 heterocycles. The minimum absolute atomic E-state index is 0.173. The maximum atomic E-state index is 13.3. The predicted octanol–water partition coefficient (Wildman–Crippen LogP) is 1.49. The average molecular weight is 424 g/mol. The Kier molecular flexibility index (Phi) is 7.38. The summed E-state index contributed by atoms with van der Waals surface area (Å²) < 4.78 is 0. The molecule has 0 bridgehead atoms. The Balaban J connectivity index is 1.84. The summed E-state index contributed by atoms with van der Waals surface area (Å²) in [5.74, 6) is -0.559. The normalized spacial score (nSPS) is 13.3. The smallest absolute Gasteiger partial charge is 0.236 e. The Bertz CT molecular complexity index is 987. The first kappa shape index (κ1) is 22.5. The molecule has 31 heavy (non-hydrogen) atoms. The third-order valence-corrected chi connectivity index (χ3v) is 5.15. The summed E-state index contributed by atoms with van der Waals surface area (Å²) >= 11 is 0. The highest BCUT2D eigenvalue weighted by atomic mass is 16.2. The Morgan fingerprint density at radius 3 is 1.87 bits per heavy atom. The lowest BCUT2D eigenvalue weighted by Gasteiger charge is -2.24. The lowest BCUT2D eigenvalue weighted by atomic mass is 9.82. The van der Waals surface area contributed by atoms with Crippen LogP contribution in [-0.4, -0.2) is 49.7 Å². The van der Waals surface area contributed by atoms with E-state index >= 15 is 0 Å². The molecule has 3 rings (SSSR count). The lowest BCUT2D eigenvalue weighted by Crippen LogP contribution is -2.39. The number of nitrogens with two attached hydrogens (primary N) is 2. The summed E-state index contributed by atoms with van der Waals surface area (Å²) in [4.78, 5) is 38.1. The quantitative estimate of drug-likeness (QED) is 0.311. The number of benzene rings is 2. The molecule has 1 aliphatic rings. The first-order chi connectivity index (χ1) is 15.0. The van der Waals surface area contributed by atoms with E-state index in [1.54, 1.807) is 31.2 Å². The second-order valence-corrected chi connectivity index (χ2v) is 7.54. The van der Waals surface area contributed by atoms with Crippen molar-refractivity contribution in [2.75, 3.05) is 36.8 Å². The van der Waals surface area contributed by atoms with Gasteiger partial charge in [-0.05, 0) is 38.4 Å². The van der Waals surface area contributed by atoms with Crippen LogP contribution in [0.5, 0.6) is 0 Å². The van der Waals surface area contributed by atoms with Gasteiger partial charge in [0.05, 0.1) is 17.2 Å². The molecule has 8 nitrogen and oxygen atoms in total. The van der Waals surface area contributed by atoms with E-state index in [4.69, 9.17) is 11.5 Å². The van der Waals surface area contributed by atoms with Crippen molar-refractivity contribution in [2.24, 2.45) is 11.5 Å². The fourth-order valence-corrected chi connectivity index (χ4v) is 3.53. The number of rotatable bonds is 10. The molecular weight excluding hydrogens is 394 g/mol. The minimum atomic E-state index is -0.553. The maximum Gasteiger partial charge on any atom is 0.236 e. The SMILES string of the molecule is C[C@H](N)C(=O)NCCCNc1ccc(NCCCN)c2c1C(=O)c1ccccc1C2=O. The first-order valence-corrected chi connectivity index (χ1v) is 10.5. The Hall–Kier alpha value is -3.23. The summed E-state index contributed by atoms with van der Waals surface area (Å²) in [6.07, 6.45) is 1.39. The van der Waals surface area contributed by atoms with Gasteiger partial charge in [-0.25, -0.2) is 0 Å². The van der Waals surface area contributed by atoms with Gasteiger partial charge in [0, 0.05) is 42.1 Å². The van der Waals surface area contributed by atoms with Gasteiger partial charge in [0.15, 0.2) is 11.6 Å². The second-order valence-electron chi connectivity index (χ2n) is 7.54. The van der Waals surface area contributed by atoms with Gasteiger partial charge in [0.1, 0.15) is 0 Å². The van der Waals surface area contributed by atoms with Crippen LogP contribution in [0.1, 0.15) is 51.6 Å². The maximum absolute atomic E-state index is 13.3. The third kappa shape index (κ3) is 4.92. The molecule has 0 saturated heterocycles. The number of fused-ring (bicyclic) bond motifs is 2. The fraction of sp³-hybridized carbons (Fsp3) is 0.348. The van der Waals surface area contributed by atoms with Crippen LogP contribution < -0.4 is 27.4 Å². The number of amides is 1. The number of hydrogen-bond acceptors (Lipinski definition) is 7. The predicted molar refractivity (Wildman–Crippen MR) is 122 cm³/mol. The van der Waals surface area contributed by atoms with Gasteiger partial charge in [-0.3, -0.25) is 14.4 Å². The van der Waals surface area contributed by atoms with E-state index in [1.165, 1.54) is 0 Å². The van der Waals surface area contributed by atoms with Crippen molar-refractivity contribution in [3.8, 4) is 0 Å². The molecule has 0 fully saturated rings. The molecule has 7 N–H and O–H groups in total. The molecule has 1 amide bonds. The van der Waals surface area contributed by atoms with Gasteiger partial charge >= 0.3 is 0 Å². The van der Waals surface area contributed by atoms with Crippen molar-refractivity contribution in [1.82, 2.24) is 5.32 Å². The van der Waals surface area contributed by atoms with E-state index in [9.17, 15) is 14.4 Å². The molecule has 0 unspecified atom stereocenters. The number of ketones is 2. The van der Waals surface area contributed by atoms with Crippen LogP contribution in [-0.2, 0) is 4.79 Å². The van der Waals surface area contributed by atoms with Crippen molar-refractivity contribution in [3.05, 3.63) is 58.7 Å². The zero-order valence-electron chi connectivity index (χ0n) is 17.7. The molecule has 1 aliphatic carbocycles. The summed E-state index contributed by atoms with van der Waals surface area (Å²) in [5.41, 5.74) is 13.9. The van der Waals surface area contributed by atoms with Crippen LogP contribution in [0.3, 0.4) is 0 Å². The summed E-state index contributed by atoms with van der Waals surface area (Å²) in [5, 5.41) is 9.24. The molecule has 0 saturated carbocycles. The third-order valence-electron chi connectivity index (χ3n) is 5.15. The van der Waals surface area contributed by atoms with Crippen LogP contribution in [0, 0.1) is 0 Å². The molecule has 8 heteroatoms. The molecule has 0 aromatic heterocycles. The zero-order chi connectivity index (χ0) is 22.4. The number of carbonyl (C=O) groups is 3. The molecule has 1 atom stereocenters. The first-order valence-electron chi connectivity index (χ1n) is 10.5. The van der Waals surface area contributed by atoms with E-state index in [-0.39, 0.29) is 17.5 Å². The minimum Gasteiger partial charge on any atom is -0.384 e. The van der Waals surface area contributed by atoms with Crippen LogP contribution in [0.15, 0.2) is 36.4 Å². The van der Waals surface area contributed by atoms with Gasteiger partial charge in [0.25, 0.3) is 0 Å². The van der Waals surface area contributed by atoms with Gasteiger partial charge in [-0.2, -0.15) is 0 Å². The van der Waals surface area contributed by atoms with E-state index in [2.05, 4.69) is 16.0 Å². The Morgan fingerprint density at radius 2 is 1.39 bits per heavy atom. The average Bonchev–Trinajstić information content (AvgIpc) is 2.77. The van der Waals surface area contributed by atoms with Gasteiger partial charge in [-0.15, -0.1) is 0 Å². The van der Waals surface area contributed by atoms with Crippen molar-refractivity contribution in [2.45, 2.75) is 25.8 Å². The molecule has 2 aromatic rings. The van der Waals surface area contributed by atoms with E-state index in [0.717, 1.165) is 6.42 Å². The molecule has 164 valence electrons. The van der Waals surface area contributed by atoms with E-state index < -0.39 is 6.04 Å². The van der Waals surface area contributed by atoms with Crippen LogP contribution in [0.2, 0.25) is 0 Å². The summed E-state index contributed by atoms with van der Waals surface area (Å²) in [6, 6.07) is 9.95. The van der Waals surface area contributed by atoms with Crippen molar-refractivity contribution < 1.29 is 14.4 Å². The van der Waals surface area contributed by atoms with Crippen molar-refractivity contribution >= 4 is 28.8 Å². The van der Waals surface area contributed by atoms with E-state index in [1.807, 2.05) is 12.1 Å². The van der Waals surface area contributed by atoms with E-state index in [0.29, 0.717) is 66.2 Å². The van der Waals surface area contributed by atoms with Gasteiger partial charge in [-0.1, -0.05) is 24.3 Å². The Morgan fingerprint density at radius 1 is 0.871 bits per heavy atom. The standard InChI is InChI=1S/C23H29N5O3/c1-14(25)23(31)28-13-5-12-27-18-9-8-17(26-11-4-10-24)19-20(18)22(30)16-7-3-2-6-15(16)21(19)29/h2-3,6-9,14,26-27H,4-5,10-13,24-25H2,1H3,(H,28,31)/t14-/m0/s1. The summed E-state index contributed by atoms with van der Waals surface area (Å²) in [7, 11) is 0. The molecule has 0 aliphatic heterocycles. The number of anilines is 2. The molecule has 0 radical (unpaired) electrons. The number of carbonyl (C=O) groups excluding carboxylic acids is 3. The van der Waals surface area contributed by atoms with Crippen LogP contribution >= 0.6 is 0 Å². The molecule has 0 spiro atoms.